The van der Waals surface area contributed by atoms with Gasteiger partial charge in [-0.25, -0.2) is 0 Å². The Bertz CT molecular complexity index is 291. The van der Waals surface area contributed by atoms with E-state index in [0.717, 1.165) is 25.7 Å². The molecule has 0 aliphatic heterocycles. The zero-order chi connectivity index (χ0) is 15.6. The van der Waals surface area contributed by atoms with E-state index in [1.807, 2.05) is 6.92 Å². The summed E-state index contributed by atoms with van der Waals surface area (Å²) < 4.78 is 10.3. The minimum absolute atomic E-state index is 0.0983. The standard InChI is InChI=1S/C16H30O4/c1-6-7-8-11-19-14(17)9-10-15(18)20-13(2)12-16(3,4)5/h13H,6-12H2,1-5H3. The molecule has 0 bridgehead atoms. The summed E-state index contributed by atoms with van der Waals surface area (Å²) in [4.78, 5) is 23.0. The molecule has 0 aliphatic rings. The molecule has 0 spiro atoms. The Morgan fingerprint density at radius 2 is 1.65 bits per heavy atom. The first-order valence-electron chi connectivity index (χ1n) is 7.59. The number of hydrogen-bond acceptors (Lipinski definition) is 4. The van der Waals surface area contributed by atoms with Crippen molar-refractivity contribution in [1.29, 1.82) is 0 Å². The monoisotopic (exact) mass is 286 g/mol. The van der Waals surface area contributed by atoms with Crippen LogP contribution >= 0.6 is 0 Å². The topological polar surface area (TPSA) is 52.6 Å². The van der Waals surface area contributed by atoms with Gasteiger partial charge in [-0.1, -0.05) is 40.5 Å². The number of ether oxygens (including phenoxy) is 2. The number of unbranched alkanes of at least 4 members (excludes halogenated alkanes) is 2. The maximum Gasteiger partial charge on any atom is 0.306 e. The van der Waals surface area contributed by atoms with E-state index >= 15 is 0 Å². The average Bonchev–Trinajstić information content (AvgIpc) is 2.29. The lowest BCUT2D eigenvalue weighted by Gasteiger charge is -2.23. The van der Waals surface area contributed by atoms with Crippen LogP contribution in [0.3, 0.4) is 0 Å². The van der Waals surface area contributed by atoms with Crippen LogP contribution in [0.15, 0.2) is 0 Å². The first kappa shape index (κ1) is 18.9. The highest BCUT2D eigenvalue weighted by molar-refractivity contribution is 5.77. The third kappa shape index (κ3) is 12.0. The Kier molecular flexibility index (Phi) is 9.26. The van der Waals surface area contributed by atoms with Gasteiger partial charge in [-0.05, 0) is 25.2 Å². The normalized spacial score (nSPS) is 12.8. The SMILES string of the molecule is CCCCCOC(=O)CCC(=O)OC(C)CC(C)(C)C. The van der Waals surface area contributed by atoms with Gasteiger partial charge in [-0.2, -0.15) is 0 Å². The van der Waals surface area contributed by atoms with Crippen molar-refractivity contribution < 1.29 is 19.1 Å². The van der Waals surface area contributed by atoms with E-state index in [1.165, 1.54) is 0 Å². The van der Waals surface area contributed by atoms with Gasteiger partial charge in [0.15, 0.2) is 0 Å². The maximum absolute atomic E-state index is 11.6. The van der Waals surface area contributed by atoms with Gasteiger partial charge in [0.2, 0.25) is 0 Å². The van der Waals surface area contributed by atoms with Crippen LogP contribution in [0.5, 0.6) is 0 Å². The largest absolute Gasteiger partial charge is 0.466 e. The molecule has 0 rings (SSSR count). The Labute approximate surface area is 123 Å². The molecular formula is C16H30O4. The number of rotatable bonds is 9. The Balaban J connectivity index is 3.74. The first-order chi connectivity index (χ1) is 9.24. The van der Waals surface area contributed by atoms with Crippen LogP contribution < -0.4 is 0 Å². The van der Waals surface area contributed by atoms with E-state index in [1.54, 1.807) is 0 Å². The van der Waals surface area contributed by atoms with E-state index in [0.29, 0.717) is 6.61 Å². The molecule has 0 aliphatic carbocycles. The number of hydrogen-bond donors (Lipinski definition) is 0. The average molecular weight is 286 g/mol. The lowest BCUT2D eigenvalue weighted by Crippen LogP contribution is -2.21. The molecule has 0 aromatic rings. The number of carbonyl (C=O) groups is 2. The molecule has 0 fully saturated rings. The second-order valence-electron chi connectivity index (χ2n) is 6.49. The third-order valence-electron chi connectivity index (χ3n) is 2.78. The second kappa shape index (κ2) is 9.78. The molecule has 118 valence electrons. The molecule has 1 atom stereocenters. The summed E-state index contributed by atoms with van der Waals surface area (Å²) in [5.74, 6) is -0.645. The van der Waals surface area contributed by atoms with Gasteiger partial charge in [-0.15, -0.1) is 0 Å². The zero-order valence-electron chi connectivity index (χ0n) is 13.7. The molecule has 0 saturated carbocycles. The quantitative estimate of drug-likeness (QED) is 0.477. The lowest BCUT2D eigenvalue weighted by atomic mass is 9.90. The Hall–Kier alpha value is -1.06. The number of carbonyl (C=O) groups excluding carboxylic acids is 2. The van der Waals surface area contributed by atoms with E-state index in [2.05, 4.69) is 27.7 Å². The zero-order valence-corrected chi connectivity index (χ0v) is 13.7. The summed E-state index contributed by atoms with van der Waals surface area (Å²) in [6.07, 6.45) is 3.92. The molecule has 4 heteroatoms. The van der Waals surface area contributed by atoms with Crippen molar-refractivity contribution in [3.8, 4) is 0 Å². The molecule has 0 heterocycles. The summed E-state index contributed by atoms with van der Waals surface area (Å²) in [5, 5.41) is 0. The molecule has 4 nitrogen and oxygen atoms in total. The molecule has 0 aromatic carbocycles. The van der Waals surface area contributed by atoms with Crippen LogP contribution in [0.1, 0.15) is 73.1 Å². The van der Waals surface area contributed by atoms with Gasteiger partial charge in [0.1, 0.15) is 0 Å². The summed E-state index contributed by atoms with van der Waals surface area (Å²) in [5.41, 5.74) is 0.123. The van der Waals surface area contributed by atoms with Crippen molar-refractivity contribution in [2.45, 2.75) is 79.2 Å². The van der Waals surface area contributed by atoms with Gasteiger partial charge in [0.25, 0.3) is 0 Å². The lowest BCUT2D eigenvalue weighted by molar-refractivity contribution is -0.154. The Morgan fingerprint density at radius 3 is 2.20 bits per heavy atom. The fraction of sp³-hybridized carbons (Fsp3) is 0.875. The highest BCUT2D eigenvalue weighted by atomic mass is 16.5. The van der Waals surface area contributed by atoms with Crippen molar-refractivity contribution in [2.75, 3.05) is 6.61 Å². The van der Waals surface area contributed by atoms with Gasteiger partial charge in [-0.3, -0.25) is 9.59 Å². The van der Waals surface area contributed by atoms with Gasteiger partial charge in [0, 0.05) is 0 Å². The van der Waals surface area contributed by atoms with Crippen LogP contribution in [-0.4, -0.2) is 24.6 Å². The molecule has 0 amide bonds. The fourth-order valence-electron chi connectivity index (χ4n) is 2.00. The molecule has 1 unspecified atom stereocenters. The van der Waals surface area contributed by atoms with Gasteiger partial charge in [0.05, 0.1) is 25.6 Å². The second-order valence-corrected chi connectivity index (χ2v) is 6.49. The highest BCUT2D eigenvalue weighted by Crippen LogP contribution is 2.22. The minimum Gasteiger partial charge on any atom is -0.466 e. The minimum atomic E-state index is -0.327. The number of esters is 2. The van der Waals surface area contributed by atoms with Crippen molar-refractivity contribution in [1.82, 2.24) is 0 Å². The van der Waals surface area contributed by atoms with E-state index in [9.17, 15) is 9.59 Å². The van der Waals surface area contributed by atoms with Gasteiger partial charge >= 0.3 is 11.9 Å². The first-order valence-corrected chi connectivity index (χ1v) is 7.59. The predicted molar refractivity (Wildman–Crippen MR) is 79.3 cm³/mol. The summed E-state index contributed by atoms with van der Waals surface area (Å²) in [7, 11) is 0. The van der Waals surface area contributed by atoms with Crippen molar-refractivity contribution in [2.24, 2.45) is 5.41 Å². The summed E-state index contributed by atoms with van der Waals surface area (Å²) in [6.45, 7) is 10.7. The van der Waals surface area contributed by atoms with Crippen LogP contribution in [0.25, 0.3) is 0 Å². The molecule has 0 aromatic heterocycles. The van der Waals surface area contributed by atoms with Crippen molar-refractivity contribution >= 4 is 11.9 Å². The van der Waals surface area contributed by atoms with Crippen molar-refractivity contribution in [3.63, 3.8) is 0 Å². The summed E-state index contributed by atoms with van der Waals surface area (Å²) >= 11 is 0. The van der Waals surface area contributed by atoms with Crippen LogP contribution in [0.4, 0.5) is 0 Å². The molecule has 0 N–H and O–H groups in total. The van der Waals surface area contributed by atoms with Crippen LogP contribution in [0.2, 0.25) is 0 Å². The van der Waals surface area contributed by atoms with E-state index in [4.69, 9.17) is 9.47 Å². The van der Waals surface area contributed by atoms with Gasteiger partial charge < -0.3 is 9.47 Å². The van der Waals surface area contributed by atoms with E-state index in [-0.39, 0.29) is 36.3 Å². The third-order valence-corrected chi connectivity index (χ3v) is 2.78. The predicted octanol–water partition coefficient (Wildman–Crippen LogP) is 3.87. The summed E-state index contributed by atoms with van der Waals surface area (Å²) in [6, 6.07) is 0. The van der Waals surface area contributed by atoms with Crippen LogP contribution in [0, 0.1) is 5.41 Å². The Morgan fingerprint density at radius 1 is 1.05 bits per heavy atom. The smallest absolute Gasteiger partial charge is 0.306 e. The highest BCUT2D eigenvalue weighted by Gasteiger charge is 2.18. The molecule has 20 heavy (non-hydrogen) atoms. The molecule has 0 radical (unpaired) electrons. The molecular weight excluding hydrogens is 256 g/mol. The van der Waals surface area contributed by atoms with Crippen molar-refractivity contribution in [3.05, 3.63) is 0 Å². The van der Waals surface area contributed by atoms with Crippen LogP contribution in [-0.2, 0) is 19.1 Å². The molecule has 0 saturated heterocycles. The maximum atomic E-state index is 11.6. The fourth-order valence-corrected chi connectivity index (χ4v) is 2.00. The van der Waals surface area contributed by atoms with E-state index < -0.39 is 0 Å².